The number of sulfone groups is 1. The normalized spacial score (nSPS) is 11.3. The maximum Gasteiger partial charge on any atom is 0.293 e. The van der Waals surface area contributed by atoms with E-state index < -0.39 is 14.8 Å². The molecule has 0 aliphatic carbocycles. The van der Waals surface area contributed by atoms with E-state index in [0.717, 1.165) is 12.3 Å². The number of nitrogens with zero attached hydrogens (tertiary/aromatic N) is 4. The Labute approximate surface area is 132 Å². The number of hydrogen-bond acceptors (Lipinski definition) is 8. The Balaban J connectivity index is 2.23. The SMILES string of the molecule is CN(C)c1n[nH]c(CNc2ccc(S(C)(=O)=O)cc2[N+](=O)[O-])n1. The zero-order valence-corrected chi connectivity index (χ0v) is 13.6. The second-order valence-corrected chi connectivity index (χ2v) is 7.05. The lowest BCUT2D eigenvalue weighted by molar-refractivity contribution is -0.384. The highest BCUT2D eigenvalue weighted by Gasteiger charge is 2.19. The van der Waals surface area contributed by atoms with E-state index in [-0.39, 0.29) is 22.8 Å². The minimum Gasteiger partial charge on any atom is -0.372 e. The van der Waals surface area contributed by atoms with Gasteiger partial charge in [0.15, 0.2) is 9.84 Å². The fourth-order valence-electron chi connectivity index (χ4n) is 1.79. The van der Waals surface area contributed by atoms with Crippen LogP contribution in [0.1, 0.15) is 5.82 Å². The molecule has 0 saturated heterocycles. The van der Waals surface area contributed by atoms with Crippen LogP contribution in [0.5, 0.6) is 0 Å². The van der Waals surface area contributed by atoms with Gasteiger partial charge in [-0.1, -0.05) is 0 Å². The van der Waals surface area contributed by atoms with Crippen LogP contribution in [0.25, 0.3) is 0 Å². The molecular weight excluding hydrogens is 324 g/mol. The molecule has 0 fully saturated rings. The largest absolute Gasteiger partial charge is 0.372 e. The zero-order chi connectivity index (χ0) is 17.2. The molecule has 1 aromatic carbocycles. The van der Waals surface area contributed by atoms with E-state index in [4.69, 9.17) is 0 Å². The van der Waals surface area contributed by atoms with Gasteiger partial charge in [-0.25, -0.2) is 8.42 Å². The number of nitro groups is 1. The fourth-order valence-corrected chi connectivity index (χ4v) is 2.43. The predicted molar refractivity (Wildman–Crippen MR) is 84.2 cm³/mol. The Morgan fingerprint density at radius 2 is 2.09 bits per heavy atom. The number of H-pyrrole nitrogens is 1. The molecular formula is C12H16N6O4S. The molecule has 0 bridgehead atoms. The summed E-state index contributed by atoms with van der Waals surface area (Å²) in [6, 6.07) is 3.71. The highest BCUT2D eigenvalue weighted by Crippen LogP contribution is 2.27. The summed E-state index contributed by atoms with van der Waals surface area (Å²) in [6.45, 7) is 0.180. The van der Waals surface area contributed by atoms with Gasteiger partial charge in [0.05, 0.1) is 16.4 Å². The van der Waals surface area contributed by atoms with Gasteiger partial charge in [0.2, 0.25) is 5.95 Å². The van der Waals surface area contributed by atoms with Gasteiger partial charge < -0.3 is 10.2 Å². The third kappa shape index (κ3) is 3.94. The lowest BCUT2D eigenvalue weighted by atomic mass is 10.2. The van der Waals surface area contributed by atoms with Crippen LogP contribution in [0.2, 0.25) is 0 Å². The summed E-state index contributed by atoms with van der Waals surface area (Å²) in [5, 5.41) is 20.7. The van der Waals surface area contributed by atoms with Crippen LogP contribution >= 0.6 is 0 Å². The molecule has 0 aliphatic heterocycles. The van der Waals surface area contributed by atoms with Crippen LogP contribution in [-0.4, -0.2) is 48.9 Å². The molecule has 10 nitrogen and oxygen atoms in total. The molecule has 0 radical (unpaired) electrons. The number of aromatic amines is 1. The van der Waals surface area contributed by atoms with Gasteiger partial charge in [0.1, 0.15) is 11.5 Å². The highest BCUT2D eigenvalue weighted by atomic mass is 32.2. The minimum absolute atomic E-state index is 0.107. The van der Waals surface area contributed by atoms with Gasteiger partial charge in [0, 0.05) is 26.4 Å². The quantitative estimate of drug-likeness (QED) is 0.582. The van der Waals surface area contributed by atoms with Gasteiger partial charge in [-0.05, 0) is 12.1 Å². The van der Waals surface area contributed by atoms with Crippen molar-refractivity contribution >= 4 is 27.2 Å². The highest BCUT2D eigenvalue weighted by molar-refractivity contribution is 7.90. The smallest absolute Gasteiger partial charge is 0.293 e. The third-order valence-corrected chi connectivity index (χ3v) is 4.07. The summed E-state index contributed by atoms with van der Waals surface area (Å²) in [4.78, 5) is 16.3. The van der Waals surface area contributed by atoms with Gasteiger partial charge in [-0.3, -0.25) is 15.2 Å². The molecule has 0 unspecified atom stereocenters. The average Bonchev–Trinajstić information content (AvgIpc) is 2.92. The van der Waals surface area contributed by atoms with Crippen molar-refractivity contribution in [2.24, 2.45) is 0 Å². The molecule has 1 heterocycles. The van der Waals surface area contributed by atoms with Crippen LogP contribution < -0.4 is 10.2 Å². The number of nitrogens with one attached hydrogen (secondary N) is 2. The van der Waals surface area contributed by atoms with Crippen molar-refractivity contribution in [3.05, 3.63) is 34.1 Å². The van der Waals surface area contributed by atoms with Crippen molar-refractivity contribution in [1.29, 1.82) is 0 Å². The van der Waals surface area contributed by atoms with Crippen LogP contribution in [0, 0.1) is 10.1 Å². The molecule has 124 valence electrons. The van der Waals surface area contributed by atoms with Gasteiger partial charge >= 0.3 is 0 Å². The number of hydrogen-bond donors (Lipinski definition) is 2. The van der Waals surface area contributed by atoms with E-state index in [9.17, 15) is 18.5 Å². The van der Waals surface area contributed by atoms with Crippen molar-refractivity contribution in [2.75, 3.05) is 30.6 Å². The summed E-state index contributed by atoms with van der Waals surface area (Å²) in [6.07, 6.45) is 0.996. The Kier molecular flexibility index (Phi) is 4.50. The van der Waals surface area contributed by atoms with Crippen LogP contribution in [-0.2, 0) is 16.4 Å². The summed E-state index contributed by atoms with van der Waals surface area (Å²) in [5.74, 6) is 0.985. The molecule has 1 aromatic heterocycles. The van der Waals surface area contributed by atoms with Gasteiger partial charge in [0.25, 0.3) is 5.69 Å². The molecule has 11 heteroatoms. The molecule has 0 saturated carbocycles. The molecule has 0 atom stereocenters. The molecule has 2 aromatic rings. The molecule has 0 aliphatic rings. The summed E-state index contributed by atoms with van der Waals surface area (Å²) >= 11 is 0. The second kappa shape index (κ2) is 6.20. The lowest BCUT2D eigenvalue weighted by Gasteiger charge is -2.07. The van der Waals surface area contributed by atoms with E-state index in [1.165, 1.54) is 12.1 Å². The van der Waals surface area contributed by atoms with E-state index in [0.29, 0.717) is 11.8 Å². The number of rotatable bonds is 6. The van der Waals surface area contributed by atoms with E-state index in [1.807, 2.05) is 0 Å². The van der Waals surface area contributed by atoms with Gasteiger partial charge in [-0.15, -0.1) is 5.10 Å². The summed E-state index contributed by atoms with van der Waals surface area (Å²) in [7, 11) is 0.0585. The third-order valence-electron chi connectivity index (χ3n) is 2.96. The summed E-state index contributed by atoms with van der Waals surface area (Å²) < 4.78 is 23.0. The van der Waals surface area contributed by atoms with Crippen molar-refractivity contribution in [3.8, 4) is 0 Å². The topological polar surface area (TPSA) is 134 Å². The van der Waals surface area contributed by atoms with E-state index >= 15 is 0 Å². The van der Waals surface area contributed by atoms with E-state index in [2.05, 4.69) is 20.5 Å². The predicted octanol–water partition coefficient (Wildman–Crippen LogP) is 0.794. The monoisotopic (exact) mass is 340 g/mol. The standard InChI is InChI=1S/C12H16N6O4S/c1-17(2)12-14-11(15-16-12)7-13-9-5-4-8(23(3,21)22)6-10(9)18(19)20/h4-6,13H,7H2,1-3H3,(H,14,15,16). The first-order valence-electron chi connectivity index (χ1n) is 6.49. The fraction of sp³-hybridized carbons (Fsp3) is 0.333. The van der Waals surface area contributed by atoms with Crippen molar-refractivity contribution in [1.82, 2.24) is 15.2 Å². The maximum atomic E-state index is 11.5. The number of nitro benzene ring substituents is 1. The summed E-state index contributed by atoms with van der Waals surface area (Å²) in [5.41, 5.74) is -0.120. The first kappa shape index (κ1) is 16.7. The Hall–Kier alpha value is -2.69. The van der Waals surface area contributed by atoms with Crippen LogP contribution in [0.4, 0.5) is 17.3 Å². The second-order valence-electron chi connectivity index (χ2n) is 5.04. The maximum absolute atomic E-state index is 11.5. The zero-order valence-electron chi connectivity index (χ0n) is 12.8. The van der Waals surface area contributed by atoms with Gasteiger partial charge in [-0.2, -0.15) is 4.98 Å². The average molecular weight is 340 g/mol. The molecule has 23 heavy (non-hydrogen) atoms. The molecule has 0 amide bonds. The van der Waals surface area contributed by atoms with E-state index in [1.54, 1.807) is 19.0 Å². The minimum atomic E-state index is -3.52. The number of benzene rings is 1. The molecule has 2 N–H and O–H groups in total. The van der Waals surface area contributed by atoms with Crippen molar-refractivity contribution < 1.29 is 13.3 Å². The Morgan fingerprint density at radius 1 is 1.39 bits per heavy atom. The first-order chi connectivity index (χ1) is 10.7. The number of anilines is 2. The van der Waals surface area contributed by atoms with Crippen LogP contribution in [0.15, 0.2) is 23.1 Å². The molecule has 2 rings (SSSR count). The first-order valence-corrected chi connectivity index (χ1v) is 8.38. The lowest BCUT2D eigenvalue weighted by Crippen LogP contribution is -2.10. The Bertz CT molecular complexity index is 830. The molecule has 0 spiro atoms. The Morgan fingerprint density at radius 3 is 2.61 bits per heavy atom. The van der Waals surface area contributed by atoms with Crippen molar-refractivity contribution in [3.63, 3.8) is 0 Å². The number of aromatic nitrogens is 3. The van der Waals surface area contributed by atoms with Crippen molar-refractivity contribution in [2.45, 2.75) is 11.4 Å². The van der Waals surface area contributed by atoms with Crippen LogP contribution in [0.3, 0.4) is 0 Å².